The van der Waals surface area contributed by atoms with Gasteiger partial charge in [0.1, 0.15) is 5.82 Å². The number of nitrogens with zero attached hydrogens (tertiary/aromatic N) is 1. The van der Waals surface area contributed by atoms with E-state index in [1.807, 2.05) is 0 Å². The third-order valence-corrected chi connectivity index (χ3v) is 4.11. The van der Waals surface area contributed by atoms with Crippen LogP contribution in [0.4, 0.5) is 13.2 Å². The molecule has 1 aliphatic rings. The highest BCUT2D eigenvalue weighted by Gasteiger charge is 2.24. The van der Waals surface area contributed by atoms with Crippen molar-refractivity contribution in [3.63, 3.8) is 0 Å². The largest absolute Gasteiger partial charge is 0.300 e. The van der Waals surface area contributed by atoms with Gasteiger partial charge in [-0.25, -0.2) is 13.2 Å². The van der Waals surface area contributed by atoms with E-state index in [0.717, 1.165) is 50.9 Å². The standard InChI is InChI=1S/C16H22F3N/c1-2-6-12(20-9-4-3-5-10-20)11-13-14(17)7-8-15(18)16(13)19/h7-8,12H,2-6,9-11H2,1H3. The van der Waals surface area contributed by atoms with Crippen LogP contribution in [0, 0.1) is 17.5 Å². The highest BCUT2D eigenvalue weighted by atomic mass is 19.2. The van der Waals surface area contributed by atoms with Crippen molar-refractivity contribution in [2.45, 2.75) is 51.5 Å². The summed E-state index contributed by atoms with van der Waals surface area (Å²) in [5, 5.41) is 0. The zero-order valence-corrected chi connectivity index (χ0v) is 12.0. The van der Waals surface area contributed by atoms with Crippen molar-refractivity contribution < 1.29 is 13.2 Å². The summed E-state index contributed by atoms with van der Waals surface area (Å²) >= 11 is 0. The molecule has 4 heteroatoms. The van der Waals surface area contributed by atoms with Crippen molar-refractivity contribution in [3.05, 3.63) is 35.1 Å². The lowest BCUT2D eigenvalue weighted by Crippen LogP contribution is -2.40. The second-order valence-corrected chi connectivity index (χ2v) is 5.56. The first-order chi connectivity index (χ1) is 9.63. The molecular formula is C16H22F3N. The van der Waals surface area contributed by atoms with E-state index in [1.54, 1.807) is 0 Å². The second-order valence-electron chi connectivity index (χ2n) is 5.56. The molecule has 0 bridgehead atoms. The maximum Gasteiger partial charge on any atom is 0.164 e. The maximum absolute atomic E-state index is 13.8. The minimum absolute atomic E-state index is 0.103. The van der Waals surface area contributed by atoms with Gasteiger partial charge in [0.25, 0.3) is 0 Å². The van der Waals surface area contributed by atoms with Crippen LogP contribution in [0.3, 0.4) is 0 Å². The summed E-state index contributed by atoms with van der Waals surface area (Å²) in [7, 11) is 0. The topological polar surface area (TPSA) is 3.24 Å². The van der Waals surface area contributed by atoms with Gasteiger partial charge in [0.2, 0.25) is 0 Å². The van der Waals surface area contributed by atoms with Crippen LogP contribution in [0.15, 0.2) is 12.1 Å². The van der Waals surface area contributed by atoms with Gasteiger partial charge in [-0.15, -0.1) is 0 Å². The Morgan fingerprint density at radius 2 is 1.70 bits per heavy atom. The van der Waals surface area contributed by atoms with E-state index in [2.05, 4.69) is 11.8 Å². The molecule has 1 heterocycles. The van der Waals surface area contributed by atoms with Crippen molar-refractivity contribution >= 4 is 0 Å². The van der Waals surface area contributed by atoms with Crippen molar-refractivity contribution in [3.8, 4) is 0 Å². The lowest BCUT2D eigenvalue weighted by Gasteiger charge is -2.34. The Labute approximate surface area is 118 Å². The van der Waals surface area contributed by atoms with E-state index in [9.17, 15) is 13.2 Å². The van der Waals surface area contributed by atoms with Crippen molar-refractivity contribution in [1.29, 1.82) is 0 Å². The second kappa shape index (κ2) is 7.11. The molecular weight excluding hydrogens is 263 g/mol. The molecule has 0 amide bonds. The molecule has 0 radical (unpaired) electrons. The summed E-state index contributed by atoms with van der Waals surface area (Å²) < 4.78 is 40.9. The van der Waals surface area contributed by atoms with E-state index < -0.39 is 17.5 Å². The maximum atomic E-state index is 13.8. The molecule has 0 N–H and O–H groups in total. The molecule has 20 heavy (non-hydrogen) atoms. The SMILES string of the molecule is CCCC(Cc1c(F)ccc(F)c1F)N1CCCCC1. The predicted molar refractivity (Wildman–Crippen MR) is 74.1 cm³/mol. The molecule has 0 aromatic heterocycles. The fraction of sp³-hybridized carbons (Fsp3) is 0.625. The molecule has 0 aliphatic carbocycles. The van der Waals surface area contributed by atoms with Crippen LogP contribution in [0.25, 0.3) is 0 Å². The van der Waals surface area contributed by atoms with Gasteiger partial charge >= 0.3 is 0 Å². The van der Waals surface area contributed by atoms with E-state index >= 15 is 0 Å². The number of likely N-dealkylation sites (tertiary alicyclic amines) is 1. The number of benzene rings is 1. The Kier molecular flexibility index (Phi) is 5.46. The van der Waals surface area contributed by atoms with E-state index in [-0.39, 0.29) is 18.0 Å². The molecule has 112 valence electrons. The molecule has 1 aromatic carbocycles. The lowest BCUT2D eigenvalue weighted by molar-refractivity contribution is 0.151. The fourth-order valence-corrected chi connectivity index (χ4v) is 3.02. The van der Waals surface area contributed by atoms with Crippen LogP contribution in [-0.4, -0.2) is 24.0 Å². The normalized spacial score (nSPS) is 18.2. The Hall–Kier alpha value is -1.03. The van der Waals surface area contributed by atoms with Gasteiger partial charge in [-0.2, -0.15) is 0 Å². The number of hydrogen-bond acceptors (Lipinski definition) is 1. The zero-order valence-electron chi connectivity index (χ0n) is 12.0. The molecule has 1 unspecified atom stereocenters. The molecule has 1 nitrogen and oxygen atoms in total. The molecule has 1 aliphatic heterocycles. The fourth-order valence-electron chi connectivity index (χ4n) is 3.02. The van der Waals surface area contributed by atoms with Gasteiger partial charge in [-0.3, -0.25) is 0 Å². The van der Waals surface area contributed by atoms with Gasteiger partial charge in [0.05, 0.1) is 0 Å². The molecule has 2 rings (SSSR count). The molecule has 0 spiro atoms. The first kappa shape index (κ1) is 15.4. The van der Waals surface area contributed by atoms with Gasteiger partial charge in [-0.1, -0.05) is 19.8 Å². The first-order valence-corrected chi connectivity index (χ1v) is 7.50. The monoisotopic (exact) mass is 285 g/mol. The minimum Gasteiger partial charge on any atom is -0.300 e. The molecule has 1 aromatic rings. The molecule has 1 fully saturated rings. The van der Waals surface area contributed by atoms with Crippen LogP contribution in [0.1, 0.15) is 44.6 Å². The molecule has 1 saturated heterocycles. The third kappa shape index (κ3) is 3.54. The highest BCUT2D eigenvalue weighted by molar-refractivity contribution is 5.22. The smallest absolute Gasteiger partial charge is 0.164 e. The highest BCUT2D eigenvalue weighted by Crippen LogP contribution is 2.23. The Balaban J connectivity index is 2.17. The van der Waals surface area contributed by atoms with Crippen molar-refractivity contribution in [2.24, 2.45) is 0 Å². The number of halogens is 3. The van der Waals surface area contributed by atoms with Gasteiger partial charge in [0, 0.05) is 11.6 Å². The number of rotatable bonds is 5. The number of hydrogen-bond donors (Lipinski definition) is 0. The van der Waals surface area contributed by atoms with Crippen LogP contribution in [-0.2, 0) is 6.42 Å². The van der Waals surface area contributed by atoms with E-state index in [1.165, 1.54) is 6.42 Å². The van der Waals surface area contributed by atoms with Gasteiger partial charge < -0.3 is 4.90 Å². The first-order valence-electron chi connectivity index (χ1n) is 7.50. The summed E-state index contributed by atoms with van der Waals surface area (Å²) in [5.74, 6) is -2.62. The molecule has 0 saturated carbocycles. The summed E-state index contributed by atoms with van der Waals surface area (Å²) in [6.07, 6.45) is 5.58. The summed E-state index contributed by atoms with van der Waals surface area (Å²) in [4.78, 5) is 2.30. The summed E-state index contributed by atoms with van der Waals surface area (Å²) in [5.41, 5.74) is -0.103. The van der Waals surface area contributed by atoms with Crippen LogP contribution in [0.2, 0.25) is 0 Å². The average molecular weight is 285 g/mol. The Bertz CT molecular complexity index is 442. The predicted octanol–water partition coefficient (Wildman–Crippen LogP) is 4.30. The molecule has 1 atom stereocenters. The Morgan fingerprint density at radius 3 is 2.35 bits per heavy atom. The van der Waals surface area contributed by atoms with Crippen molar-refractivity contribution in [1.82, 2.24) is 4.90 Å². The average Bonchev–Trinajstić information content (AvgIpc) is 2.47. The number of piperidine rings is 1. The Morgan fingerprint density at radius 1 is 1.05 bits per heavy atom. The lowest BCUT2D eigenvalue weighted by atomic mass is 9.97. The zero-order chi connectivity index (χ0) is 14.5. The van der Waals surface area contributed by atoms with Crippen molar-refractivity contribution in [2.75, 3.05) is 13.1 Å². The van der Waals surface area contributed by atoms with E-state index in [4.69, 9.17) is 0 Å². The van der Waals surface area contributed by atoms with Gasteiger partial charge in [0.15, 0.2) is 11.6 Å². The van der Waals surface area contributed by atoms with Crippen LogP contribution >= 0.6 is 0 Å². The minimum atomic E-state index is -1.02. The summed E-state index contributed by atoms with van der Waals surface area (Å²) in [6, 6.07) is 1.97. The quantitative estimate of drug-likeness (QED) is 0.729. The van der Waals surface area contributed by atoms with Gasteiger partial charge in [-0.05, 0) is 50.9 Å². The summed E-state index contributed by atoms with van der Waals surface area (Å²) in [6.45, 7) is 4.02. The van der Waals surface area contributed by atoms with E-state index in [0.29, 0.717) is 0 Å². The van der Waals surface area contributed by atoms with Crippen LogP contribution in [0.5, 0.6) is 0 Å². The third-order valence-electron chi connectivity index (χ3n) is 4.11. The van der Waals surface area contributed by atoms with Crippen LogP contribution < -0.4 is 0 Å².